The van der Waals surface area contributed by atoms with E-state index in [0.717, 1.165) is 0 Å². The van der Waals surface area contributed by atoms with Crippen molar-refractivity contribution in [2.75, 3.05) is 13.1 Å². The van der Waals surface area contributed by atoms with E-state index < -0.39 is 5.41 Å². The van der Waals surface area contributed by atoms with Crippen molar-refractivity contribution < 1.29 is 14.8 Å². The molecule has 0 rings (SSSR count). The van der Waals surface area contributed by atoms with Gasteiger partial charge in [-0.3, -0.25) is 9.59 Å². The minimum atomic E-state index is -1.06. The van der Waals surface area contributed by atoms with Gasteiger partial charge in [0.15, 0.2) is 5.84 Å². The van der Waals surface area contributed by atoms with Crippen LogP contribution in [0.3, 0.4) is 0 Å². The van der Waals surface area contributed by atoms with E-state index in [9.17, 15) is 9.59 Å². The summed E-state index contributed by atoms with van der Waals surface area (Å²) in [6.07, 6.45) is 0.603. The molecule has 0 saturated heterocycles. The molecule has 0 aromatic carbocycles. The summed E-state index contributed by atoms with van der Waals surface area (Å²) in [7, 11) is 0. The molecule has 7 nitrogen and oxygen atoms in total. The van der Waals surface area contributed by atoms with E-state index >= 15 is 0 Å². The van der Waals surface area contributed by atoms with Gasteiger partial charge in [0.1, 0.15) is 5.41 Å². The molecule has 0 radical (unpaired) electrons. The molecule has 0 heterocycles. The van der Waals surface area contributed by atoms with Gasteiger partial charge >= 0.3 is 0 Å². The number of carbonyl (C=O) groups is 2. The van der Waals surface area contributed by atoms with Crippen LogP contribution in [0.5, 0.6) is 0 Å². The molecule has 0 aliphatic heterocycles. The third-order valence-electron chi connectivity index (χ3n) is 2.89. The lowest BCUT2D eigenvalue weighted by atomic mass is 9.85. The highest BCUT2D eigenvalue weighted by Gasteiger charge is 2.36. The van der Waals surface area contributed by atoms with Crippen LogP contribution >= 0.6 is 0 Å². The molecule has 0 aromatic rings. The van der Waals surface area contributed by atoms with Crippen LogP contribution in [0.15, 0.2) is 5.16 Å². The fourth-order valence-corrected chi connectivity index (χ4v) is 1.34. The average molecular weight is 258 g/mol. The zero-order valence-corrected chi connectivity index (χ0v) is 11.1. The van der Waals surface area contributed by atoms with Gasteiger partial charge in [0.2, 0.25) is 11.8 Å². The van der Waals surface area contributed by atoms with E-state index in [2.05, 4.69) is 15.8 Å². The van der Waals surface area contributed by atoms with E-state index in [1.165, 1.54) is 0 Å². The van der Waals surface area contributed by atoms with E-state index in [1.807, 2.05) is 6.92 Å². The van der Waals surface area contributed by atoms with Crippen LogP contribution in [-0.2, 0) is 9.59 Å². The molecule has 0 bridgehead atoms. The Kier molecular flexibility index (Phi) is 6.77. The summed E-state index contributed by atoms with van der Waals surface area (Å²) in [5, 5.41) is 16.8. The summed E-state index contributed by atoms with van der Waals surface area (Å²) in [6.45, 7) is 5.95. The van der Waals surface area contributed by atoms with Gasteiger partial charge in [0.25, 0.3) is 0 Å². The summed E-state index contributed by atoms with van der Waals surface area (Å²) in [5.41, 5.74) is 4.44. The fraction of sp³-hybridized carbons (Fsp3) is 0.727. The first-order valence-electron chi connectivity index (χ1n) is 5.95. The van der Waals surface area contributed by atoms with Crippen molar-refractivity contribution in [2.24, 2.45) is 16.3 Å². The SMILES string of the molecule is CCNC(=O)CCNC(=O)C(C)(CC)C(N)=NO. The molecule has 1 atom stereocenters. The molecule has 2 amide bonds. The van der Waals surface area contributed by atoms with Crippen LogP contribution in [-0.4, -0.2) is 35.9 Å². The molecule has 0 saturated carbocycles. The molecule has 18 heavy (non-hydrogen) atoms. The third-order valence-corrected chi connectivity index (χ3v) is 2.89. The molecule has 0 aliphatic carbocycles. The van der Waals surface area contributed by atoms with Crippen molar-refractivity contribution in [3.8, 4) is 0 Å². The van der Waals surface area contributed by atoms with Crippen molar-refractivity contribution in [3.63, 3.8) is 0 Å². The first-order chi connectivity index (χ1) is 8.42. The Morgan fingerprint density at radius 2 is 1.94 bits per heavy atom. The molecule has 0 aromatic heterocycles. The topological polar surface area (TPSA) is 117 Å². The lowest BCUT2D eigenvalue weighted by Gasteiger charge is -2.25. The smallest absolute Gasteiger partial charge is 0.233 e. The molecule has 0 spiro atoms. The zero-order chi connectivity index (χ0) is 14.2. The van der Waals surface area contributed by atoms with Crippen LogP contribution in [0.2, 0.25) is 0 Å². The Morgan fingerprint density at radius 1 is 1.33 bits per heavy atom. The Labute approximate surface area is 107 Å². The zero-order valence-electron chi connectivity index (χ0n) is 11.1. The fourth-order valence-electron chi connectivity index (χ4n) is 1.34. The highest BCUT2D eigenvalue weighted by molar-refractivity contribution is 6.06. The van der Waals surface area contributed by atoms with Gasteiger partial charge in [-0.1, -0.05) is 12.1 Å². The number of carbonyl (C=O) groups excluding carboxylic acids is 2. The van der Waals surface area contributed by atoms with Gasteiger partial charge in [0.05, 0.1) is 0 Å². The average Bonchev–Trinajstić information content (AvgIpc) is 2.36. The second-order valence-electron chi connectivity index (χ2n) is 4.13. The molecule has 0 aliphatic rings. The van der Waals surface area contributed by atoms with Gasteiger partial charge in [-0.15, -0.1) is 0 Å². The third kappa shape index (κ3) is 4.23. The number of oxime groups is 1. The van der Waals surface area contributed by atoms with Gasteiger partial charge in [-0.25, -0.2) is 0 Å². The molecular weight excluding hydrogens is 236 g/mol. The molecule has 5 N–H and O–H groups in total. The quantitative estimate of drug-likeness (QED) is 0.219. The maximum absolute atomic E-state index is 11.9. The Hall–Kier alpha value is -1.79. The van der Waals surface area contributed by atoms with Crippen LogP contribution < -0.4 is 16.4 Å². The lowest BCUT2D eigenvalue weighted by Crippen LogP contribution is -2.48. The predicted octanol–water partition coefficient (Wildman–Crippen LogP) is -0.208. The van der Waals surface area contributed by atoms with Crippen LogP contribution in [0.1, 0.15) is 33.6 Å². The minimum absolute atomic E-state index is 0.125. The lowest BCUT2D eigenvalue weighted by molar-refractivity contribution is -0.127. The number of nitrogens with one attached hydrogen (secondary N) is 2. The second-order valence-corrected chi connectivity index (χ2v) is 4.13. The van der Waals surface area contributed by atoms with Crippen LogP contribution in [0.4, 0.5) is 0 Å². The molecular formula is C11H22N4O3. The van der Waals surface area contributed by atoms with E-state index in [4.69, 9.17) is 10.9 Å². The Morgan fingerprint density at radius 3 is 2.39 bits per heavy atom. The van der Waals surface area contributed by atoms with Gasteiger partial charge in [0, 0.05) is 19.5 Å². The summed E-state index contributed by atoms with van der Waals surface area (Å²) >= 11 is 0. The number of nitrogens with zero attached hydrogens (tertiary/aromatic N) is 1. The van der Waals surface area contributed by atoms with Gasteiger partial charge in [-0.2, -0.15) is 0 Å². The standard InChI is InChI=1S/C11H22N4O3/c1-4-11(3,9(12)15-18)10(17)14-7-6-8(16)13-5-2/h18H,4-7H2,1-3H3,(H2,12,15)(H,13,16)(H,14,17). The summed E-state index contributed by atoms with van der Waals surface area (Å²) < 4.78 is 0. The number of nitrogens with two attached hydrogens (primary N) is 1. The van der Waals surface area contributed by atoms with E-state index in [1.54, 1.807) is 13.8 Å². The monoisotopic (exact) mass is 258 g/mol. The maximum Gasteiger partial charge on any atom is 0.233 e. The van der Waals surface area contributed by atoms with Crippen molar-refractivity contribution >= 4 is 17.6 Å². The summed E-state index contributed by atoms with van der Waals surface area (Å²) in [4.78, 5) is 23.1. The van der Waals surface area contributed by atoms with Crippen molar-refractivity contribution in [3.05, 3.63) is 0 Å². The van der Waals surface area contributed by atoms with E-state index in [-0.39, 0.29) is 30.6 Å². The van der Waals surface area contributed by atoms with E-state index in [0.29, 0.717) is 13.0 Å². The molecule has 7 heteroatoms. The first kappa shape index (κ1) is 16.2. The normalized spacial score (nSPS) is 14.7. The number of hydrogen-bond acceptors (Lipinski definition) is 4. The van der Waals surface area contributed by atoms with Crippen molar-refractivity contribution in [1.29, 1.82) is 0 Å². The number of amides is 2. The largest absolute Gasteiger partial charge is 0.409 e. The highest BCUT2D eigenvalue weighted by atomic mass is 16.4. The number of rotatable bonds is 7. The van der Waals surface area contributed by atoms with Gasteiger partial charge < -0.3 is 21.6 Å². The molecule has 0 fully saturated rings. The Balaban J connectivity index is 4.35. The number of amidine groups is 1. The highest BCUT2D eigenvalue weighted by Crippen LogP contribution is 2.21. The maximum atomic E-state index is 11.9. The predicted molar refractivity (Wildman–Crippen MR) is 68.1 cm³/mol. The van der Waals surface area contributed by atoms with Crippen molar-refractivity contribution in [2.45, 2.75) is 33.6 Å². The molecule has 104 valence electrons. The summed E-state index contributed by atoms with van der Waals surface area (Å²) in [5.74, 6) is -0.620. The Bertz CT molecular complexity index is 330. The first-order valence-corrected chi connectivity index (χ1v) is 5.95. The van der Waals surface area contributed by atoms with Crippen LogP contribution in [0.25, 0.3) is 0 Å². The molecule has 1 unspecified atom stereocenters. The van der Waals surface area contributed by atoms with Crippen LogP contribution in [0, 0.1) is 5.41 Å². The van der Waals surface area contributed by atoms with Gasteiger partial charge in [-0.05, 0) is 20.3 Å². The number of hydrogen-bond donors (Lipinski definition) is 4. The summed E-state index contributed by atoms with van der Waals surface area (Å²) in [6, 6.07) is 0. The minimum Gasteiger partial charge on any atom is -0.409 e. The van der Waals surface area contributed by atoms with Crippen molar-refractivity contribution in [1.82, 2.24) is 10.6 Å². The second kappa shape index (κ2) is 7.52.